The van der Waals surface area contributed by atoms with Crippen molar-refractivity contribution in [2.45, 2.75) is 31.5 Å². The van der Waals surface area contributed by atoms with Crippen LogP contribution in [-0.4, -0.2) is 69.3 Å². The fraction of sp³-hybridized carbons (Fsp3) is 0.562. The van der Waals surface area contributed by atoms with E-state index in [1.165, 1.54) is 27.0 Å². The van der Waals surface area contributed by atoms with Crippen LogP contribution < -0.4 is 0 Å². The number of nitrogens with zero attached hydrogens (tertiary/aromatic N) is 6. The third-order valence-corrected chi connectivity index (χ3v) is 6.96. The van der Waals surface area contributed by atoms with Crippen LogP contribution in [0.15, 0.2) is 17.2 Å². The van der Waals surface area contributed by atoms with Gasteiger partial charge in [-0.15, -0.1) is 0 Å². The Balaban J connectivity index is 1.64. The minimum absolute atomic E-state index is 0.0916. The molecule has 29 heavy (non-hydrogen) atoms. The Kier molecular flexibility index (Phi) is 5.47. The number of piperazine rings is 1. The predicted octanol–water partition coefficient (Wildman–Crippen LogP) is 0.785. The molecule has 0 radical (unpaired) electrons. The lowest BCUT2D eigenvalue weighted by Gasteiger charge is -2.34. The van der Waals surface area contributed by atoms with Crippen molar-refractivity contribution in [2.75, 3.05) is 26.2 Å². The van der Waals surface area contributed by atoms with Crippen LogP contribution in [0.2, 0.25) is 0 Å². The van der Waals surface area contributed by atoms with Crippen molar-refractivity contribution in [2.24, 2.45) is 7.05 Å². The van der Waals surface area contributed by atoms with E-state index in [1.807, 2.05) is 0 Å². The Morgan fingerprint density at radius 1 is 1.17 bits per heavy atom. The summed E-state index contributed by atoms with van der Waals surface area (Å²) >= 11 is 0. The van der Waals surface area contributed by atoms with Crippen molar-refractivity contribution in [3.8, 4) is 0 Å². The fourth-order valence-electron chi connectivity index (χ4n) is 3.09. The van der Waals surface area contributed by atoms with E-state index in [0.717, 1.165) is 10.7 Å². The van der Waals surface area contributed by atoms with Gasteiger partial charge in [0.25, 0.3) is 0 Å². The van der Waals surface area contributed by atoms with Gasteiger partial charge in [-0.2, -0.15) is 27.7 Å². The zero-order chi connectivity index (χ0) is 21.6. The number of alkyl halides is 3. The summed E-state index contributed by atoms with van der Waals surface area (Å²) in [6.07, 6.45) is -3.29. The second-order valence-electron chi connectivity index (χ2n) is 6.83. The molecule has 0 spiro atoms. The number of halogens is 3. The molecule has 9 nitrogen and oxygen atoms in total. The lowest BCUT2D eigenvalue weighted by Crippen LogP contribution is -2.51. The molecule has 2 aromatic rings. The average Bonchev–Trinajstić information content (AvgIpc) is 3.18. The first-order valence-corrected chi connectivity index (χ1v) is 10.2. The molecule has 1 fully saturated rings. The number of aromatic nitrogens is 4. The second kappa shape index (κ2) is 7.44. The largest absolute Gasteiger partial charge is 0.435 e. The zero-order valence-electron chi connectivity index (χ0n) is 16.1. The van der Waals surface area contributed by atoms with Gasteiger partial charge in [0.05, 0.1) is 11.9 Å². The molecule has 1 saturated heterocycles. The molecule has 1 aliphatic heterocycles. The van der Waals surface area contributed by atoms with E-state index >= 15 is 0 Å². The zero-order valence-corrected chi connectivity index (χ0v) is 17.0. The van der Waals surface area contributed by atoms with Crippen molar-refractivity contribution < 1.29 is 26.4 Å². The highest BCUT2D eigenvalue weighted by Crippen LogP contribution is 2.28. The topological polar surface area (TPSA) is 93.3 Å². The summed E-state index contributed by atoms with van der Waals surface area (Å²) in [5, 5.41) is 7.40. The Bertz CT molecular complexity index is 1020. The van der Waals surface area contributed by atoms with Gasteiger partial charge in [0, 0.05) is 38.9 Å². The minimum atomic E-state index is -4.58. The van der Waals surface area contributed by atoms with Gasteiger partial charge in [-0.1, -0.05) is 0 Å². The summed E-state index contributed by atoms with van der Waals surface area (Å²) in [7, 11) is -2.08. The number of amides is 1. The highest BCUT2D eigenvalue weighted by molar-refractivity contribution is 7.89. The number of carbonyl (C=O) groups is 1. The van der Waals surface area contributed by atoms with Crippen LogP contribution >= 0.6 is 0 Å². The van der Waals surface area contributed by atoms with Gasteiger partial charge in [0.15, 0.2) is 5.69 Å². The third kappa shape index (κ3) is 4.15. The summed E-state index contributed by atoms with van der Waals surface area (Å²) in [6.45, 7) is 3.23. The minimum Gasteiger partial charge on any atom is -0.338 e. The number of hydrogen-bond acceptors (Lipinski definition) is 5. The molecule has 0 atom stereocenters. The fourth-order valence-corrected chi connectivity index (χ4v) is 4.69. The van der Waals surface area contributed by atoms with Crippen molar-refractivity contribution in [3.63, 3.8) is 0 Å². The van der Waals surface area contributed by atoms with E-state index in [2.05, 4.69) is 10.2 Å². The molecule has 1 aliphatic rings. The first-order chi connectivity index (χ1) is 13.4. The highest BCUT2D eigenvalue weighted by atomic mass is 32.2. The van der Waals surface area contributed by atoms with Crippen molar-refractivity contribution in [1.29, 1.82) is 0 Å². The predicted molar refractivity (Wildman–Crippen MR) is 95.2 cm³/mol. The van der Waals surface area contributed by atoms with Crippen LogP contribution in [-0.2, 0) is 34.6 Å². The third-order valence-electron chi connectivity index (χ3n) is 4.96. The first-order valence-electron chi connectivity index (χ1n) is 8.79. The summed E-state index contributed by atoms with van der Waals surface area (Å²) in [4.78, 5) is 14.0. The molecule has 13 heteroatoms. The molecule has 0 saturated carbocycles. The molecule has 0 bridgehead atoms. The van der Waals surface area contributed by atoms with Gasteiger partial charge in [0.2, 0.25) is 15.9 Å². The highest BCUT2D eigenvalue weighted by Gasteiger charge is 2.35. The second-order valence-corrected chi connectivity index (χ2v) is 8.74. The van der Waals surface area contributed by atoms with Crippen LogP contribution in [0.1, 0.15) is 17.1 Å². The average molecular weight is 434 g/mol. The van der Waals surface area contributed by atoms with E-state index in [1.54, 1.807) is 14.0 Å². The monoisotopic (exact) mass is 434 g/mol. The van der Waals surface area contributed by atoms with Crippen LogP contribution in [0.5, 0.6) is 0 Å². The molecule has 160 valence electrons. The van der Waals surface area contributed by atoms with Gasteiger partial charge in [-0.25, -0.2) is 8.42 Å². The van der Waals surface area contributed by atoms with Gasteiger partial charge in [0.1, 0.15) is 11.4 Å². The molecule has 0 aromatic carbocycles. The first kappa shape index (κ1) is 21.3. The van der Waals surface area contributed by atoms with Crippen LogP contribution in [0.25, 0.3) is 0 Å². The molecule has 0 N–H and O–H groups in total. The van der Waals surface area contributed by atoms with E-state index in [4.69, 9.17) is 0 Å². The van der Waals surface area contributed by atoms with E-state index < -0.39 is 27.8 Å². The van der Waals surface area contributed by atoms with Crippen molar-refractivity contribution in [3.05, 3.63) is 29.3 Å². The van der Waals surface area contributed by atoms with Crippen LogP contribution in [0.3, 0.4) is 0 Å². The smallest absolute Gasteiger partial charge is 0.338 e. The number of carbonyl (C=O) groups excluding carboxylic acids is 1. The Morgan fingerprint density at radius 2 is 1.79 bits per heavy atom. The molecular formula is C16H21F3N6O3S. The van der Waals surface area contributed by atoms with E-state index in [-0.39, 0.29) is 43.3 Å². The molecule has 0 unspecified atom stereocenters. The molecular weight excluding hydrogens is 413 g/mol. The summed E-state index contributed by atoms with van der Waals surface area (Å²) < 4.78 is 67.6. The molecule has 3 rings (SSSR count). The summed E-state index contributed by atoms with van der Waals surface area (Å²) in [5.74, 6) is -0.417. The van der Waals surface area contributed by atoms with Gasteiger partial charge in [-0.05, 0) is 19.9 Å². The Labute approximate surface area is 165 Å². The quantitative estimate of drug-likeness (QED) is 0.709. The van der Waals surface area contributed by atoms with Crippen molar-refractivity contribution in [1.82, 2.24) is 28.8 Å². The maximum Gasteiger partial charge on any atom is 0.435 e. The lowest BCUT2D eigenvalue weighted by atomic mass is 10.3. The molecule has 2 aromatic heterocycles. The van der Waals surface area contributed by atoms with Crippen LogP contribution in [0.4, 0.5) is 13.2 Å². The Morgan fingerprint density at radius 3 is 2.28 bits per heavy atom. The maximum absolute atomic E-state index is 12.8. The lowest BCUT2D eigenvalue weighted by molar-refractivity contribution is -0.142. The van der Waals surface area contributed by atoms with Crippen LogP contribution in [0, 0.1) is 13.8 Å². The van der Waals surface area contributed by atoms with E-state index in [0.29, 0.717) is 5.69 Å². The summed E-state index contributed by atoms with van der Waals surface area (Å²) in [6, 6.07) is 0.883. The van der Waals surface area contributed by atoms with Crippen molar-refractivity contribution >= 4 is 15.9 Å². The van der Waals surface area contributed by atoms with Gasteiger partial charge < -0.3 is 4.90 Å². The molecule has 1 amide bonds. The number of rotatable bonds is 4. The summed E-state index contributed by atoms with van der Waals surface area (Å²) in [5.41, 5.74) is -0.317. The number of aryl methyl sites for hydroxylation is 2. The molecule has 3 heterocycles. The van der Waals surface area contributed by atoms with Gasteiger partial charge in [-0.3, -0.25) is 14.2 Å². The Hall–Kier alpha value is -2.41. The number of sulfonamides is 1. The standard InChI is InChI=1S/C16H21F3N6O3S/c1-11-8-14(16(17,18)19)21-25(11)10-15(26)23-4-6-24(7-5-23)29(27,28)13-9-20-22(3)12(13)2/h8-9H,4-7,10H2,1-3H3. The number of hydrogen-bond donors (Lipinski definition) is 0. The SMILES string of the molecule is Cc1c(S(=O)(=O)N2CCN(C(=O)Cn3nc(C(F)(F)F)cc3C)CC2)cnn1C. The maximum atomic E-state index is 12.8. The van der Waals surface area contributed by atoms with Gasteiger partial charge >= 0.3 is 6.18 Å². The molecule has 0 aliphatic carbocycles. The normalized spacial score (nSPS) is 16.4. The van der Waals surface area contributed by atoms with E-state index in [9.17, 15) is 26.4 Å².